The smallest absolute Gasteiger partial charge is 0.330 e. The summed E-state index contributed by atoms with van der Waals surface area (Å²) < 4.78 is 1.36. The van der Waals surface area contributed by atoms with E-state index in [1.165, 1.54) is 10.9 Å². The largest absolute Gasteiger partial charge is 0.394 e. The van der Waals surface area contributed by atoms with E-state index in [1.54, 1.807) is 7.05 Å². The Morgan fingerprint density at radius 3 is 2.74 bits per heavy atom. The molecule has 2 N–H and O–H groups in total. The normalized spacial score (nSPS) is 12.1. The van der Waals surface area contributed by atoms with Gasteiger partial charge in [0, 0.05) is 7.05 Å². The van der Waals surface area contributed by atoms with Crippen molar-refractivity contribution in [3.8, 4) is 0 Å². The van der Waals surface area contributed by atoms with Gasteiger partial charge in [-0.2, -0.15) is 0 Å². The Hall–Kier alpha value is -2.41. The number of benzene rings is 1. The molecule has 0 saturated heterocycles. The lowest BCUT2D eigenvalue weighted by Crippen LogP contribution is -2.15. The van der Waals surface area contributed by atoms with Crippen LogP contribution in [0.15, 0.2) is 36.5 Å². The zero-order chi connectivity index (χ0) is 13.8. The molecular formula is C12H14N4O3. The topological polar surface area (TPSA) is 93.2 Å². The van der Waals surface area contributed by atoms with Crippen molar-refractivity contribution in [1.82, 2.24) is 9.78 Å². The van der Waals surface area contributed by atoms with Crippen LogP contribution in [0.1, 0.15) is 11.6 Å². The second-order valence-electron chi connectivity index (χ2n) is 4.08. The highest BCUT2D eigenvalue weighted by Gasteiger charge is 2.21. The Balaban J connectivity index is 2.26. The summed E-state index contributed by atoms with van der Waals surface area (Å²) in [5.41, 5.74) is 0.724. The number of rotatable bonds is 5. The van der Waals surface area contributed by atoms with Crippen molar-refractivity contribution >= 4 is 11.5 Å². The number of aryl methyl sites for hydroxylation is 1. The number of aromatic nitrogens is 2. The Morgan fingerprint density at radius 1 is 1.47 bits per heavy atom. The summed E-state index contributed by atoms with van der Waals surface area (Å²) in [6, 6.07) is 8.78. The fourth-order valence-electron chi connectivity index (χ4n) is 1.80. The number of nitro groups is 1. The first kappa shape index (κ1) is 13.0. The molecule has 1 aromatic carbocycles. The van der Waals surface area contributed by atoms with Gasteiger partial charge in [0.1, 0.15) is 6.20 Å². The van der Waals surface area contributed by atoms with Crippen LogP contribution in [0.5, 0.6) is 0 Å². The lowest BCUT2D eigenvalue weighted by Gasteiger charge is -2.15. The third kappa shape index (κ3) is 2.89. The molecule has 100 valence electrons. The van der Waals surface area contributed by atoms with Crippen molar-refractivity contribution in [2.45, 2.75) is 6.04 Å². The molecule has 0 aliphatic rings. The van der Waals surface area contributed by atoms with Crippen LogP contribution in [0.2, 0.25) is 0 Å². The minimum atomic E-state index is -0.505. The van der Waals surface area contributed by atoms with Gasteiger partial charge in [0.05, 0.1) is 17.6 Å². The molecule has 7 nitrogen and oxygen atoms in total. The summed E-state index contributed by atoms with van der Waals surface area (Å²) >= 11 is 0. The summed E-state index contributed by atoms with van der Waals surface area (Å²) in [7, 11) is 1.61. The lowest BCUT2D eigenvalue weighted by atomic mass is 10.1. The van der Waals surface area contributed by atoms with E-state index in [2.05, 4.69) is 10.4 Å². The molecule has 0 saturated carbocycles. The van der Waals surface area contributed by atoms with Gasteiger partial charge in [0.2, 0.25) is 5.82 Å². The van der Waals surface area contributed by atoms with Gasteiger partial charge in [-0.1, -0.05) is 30.3 Å². The average molecular weight is 262 g/mol. The van der Waals surface area contributed by atoms with Gasteiger partial charge < -0.3 is 10.4 Å². The van der Waals surface area contributed by atoms with Gasteiger partial charge >= 0.3 is 5.69 Å². The van der Waals surface area contributed by atoms with Crippen molar-refractivity contribution in [3.63, 3.8) is 0 Å². The van der Waals surface area contributed by atoms with Gasteiger partial charge in [0.15, 0.2) is 0 Å². The summed E-state index contributed by atoms with van der Waals surface area (Å²) in [5, 5.41) is 27.2. The second kappa shape index (κ2) is 5.49. The maximum Gasteiger partial charge on any atom is 0.330 e. The Bertz CT molecular complexity index is 568. The number of nitrogens with zero attached hydrogens (tertiary/aromatic N) is 3. The third-order valence-corrected chi connectivity index (χ3v) is 2.70. The van der Waals surface area contributed by atoms with Gasteiger partial charge in [-0.3, -0.25) is 14.8 Å². The number of nitrogens with one attached hydrogen (secondary N) is 1. The fraction of sp³-hybridized carbons (Fsp3) is 0.250. The van der Waals surface area contributed by atoms with Crippen molar-refractivity contribution in [1.29, 1.82) is 0 Å². The van der Waals surface area contributed by atoms with E-state index in [0.717, 1.165) is 5.56 Å². The fourth-order valence-corrected chi connectivity index (χ4v) is 1.80. The molecule has 0 radical (unpaired) electrons. The second-order valence-corrected chi connectivity index (χ2v) is 4.08. The molecule has 7 heteroatoms. The summed E-state index contributed by atoms with van der Waals surface area (Å²) in [5.74, 6) is 0.149. The van der Waals surface area contributed by atoms with E-state index in [0.29, 0.717) is 0 Å². The molecule has 0 fully saturated rings. The van der Waals surface area contributed by atoms with Gasteiger partial charge in [-0.05, 0) is 5.56 Å². The molecule has 0 bridgehead atoms. The van der Waals surface area contributed by atoms with Gasteiger partial charge in [-0.15, -0.1) is 5.10 Å². The molecule has 0 aliphatic heterocycles. The van der Waals surface area contributed by atoms with E-state index < -0.39 is 11.0 Å². The van der Waals surface area contributed by atoms with E-state index >= 15 is 0 Å². The monoisotopic (exact) mass is 262 g/mol. The maximum absolute atomic E-state index is 10.9. The van der Waals surface area contributed by atoms with Crippen LogP contribution < -0.4 is 5.32 Å². The molecule has 0 aliphatic carbocycles. The SMILES string of the molecule is Cn1cc([N+](=O)[O-])c(NC(CO)c2ccccc2)n1. The number of hydrogen-bond donors (Lipinski definition) is 2. The van der Waals surface area contributed by atoms with E-state index in [1.807, 2.05) is 30.3 Å². The molecule has 2 rings (SSSR count). The summed E-state index contributed by atoms with van der Waals surface area (Å²) in [4.78, 5) is 10.4. The lowest BCUT2D eigenvalue weighted by molar-refractivity contribution is -0.384. The van der Waals surface area contributed by atoms with Crippen LogP contribution in [-0.2, 0) is 7.05 Å². The predicted octanol–water partition coefficient (Wildman–Crippen LogP) is 1.47. The van der Waals surface area contributed by atoms with E-state index in [9.17, 15) is 15.2 Å². The molecule has 1 atom stereocenters. The van der Waals surface area contributed by atoms with E-state index in [4.69, 9.17) is 0 Å². The highest BCUT2D eigenvalue weighted by molar-refractivity contribution is 5.55. The first-order valence-electron chi connectivity index (χ1n) is 5.72. The zero-order valence-corrected chi connectivity index (χ0v) is 10.4. The summed E-state index contributed by atoms with van der Waals surface area (Å²) in [6.45, 7) is -0.183. The van der Waals surface area contributed by atoms with Crippen molar-refractivity contribution < 1.29 is 10.0 Å². The number of hydrogen-bond acceptors (Lipinski definition) is 5. The first-order chi connectivity index (χ1) is 9.11. The molecular weight excluding hydrogens is 248 g/mol. The van der Waals surface area contributed by atoms with Crippen LogP contribution in [0.3, 0.4) is 0 Å². The molecule has 1 unspecified atom stereocenters. The van der Waals surface area contributed by atoms with Crippen molar-refractivity contribution in [2.75, 3.05) is 11.9 Å². The highest BCUT2D eigenvalue weighted by atomic mass is 16.6. The van der Waals surface area contributed by atoms with E-state index in [-0.39, 0.29) is 18.1 Å². The minimum Gasteiger partial charge on any atom is -0.394 e. The molecule has 1 aromatic heterocycles. The van der Waals surface area contributed by atoms with Crippen LogP contribution >= 0.6 is 0 Å². The third-order valence-electron chi connectivity index (χ3n) is 2.70. The molecule has 19 heavy (non-hydrogen) atoms. The van der Waals surface area contributed by atoms with Crippen LogP contribution in [0.4, 0.5) is 11.5 Å². The van der Waals surface area contributed by atoms with Crippen LogP contribution in [0, 0.1) is 10.1 Å². The van der Waals surface area contributed by atoms with Crippen LogP contribution in [0.25, 0.3) is 0 Å². The Morgan fingerprint density at radius 2 is 2.16 bits per heavy atom. The average Bonchev–Trinajstić information content (AvgIpc) is 2.78. The van der Waals surface area contributed by atoms with Crippen molar-refractivity contribution in [3.05, 3.63) is 52.2 Å². The predicted molar refractivity (Wildman–Crippen MR) is 69.8 cm³/mol. The Kier molecular flexibility index (Phi) is 3.76. The van der Waals surface area contributed by atoms with Gasteiger partial charge in [-0.25, -0.2) is 0 Å². The number of anilines is 1. The molecule has 0 spiro atoms. The molecule has 1 heterocycles. The quantitative estimate of drug-likeness (QED) is 0.628. The van der Waals surface area contributed by atoms with Crippen LogP contribution in [-0.4, -0.2) is 26.4 Å². The number of aliphatic hydroxyl groups is 1. The van der Waals surface area contributed by atoms with Gasteiger partial charge in [0.25, 0.3) is 0 Å². The standard InChI is InChI=1S/C12H14N4O3/c1-15-7-11(16(18)19)12(14-15)13-10(8-17)9-5-3-2-4-6-9/h2-7,10,17H,8H2,1H3,(H,13,14). The Labute approximate surface area is 109 Å². The summed E-state index contributed by atoms with van der Waals surface area (Å²) in [6.07, 6.45) is 1.32. The minimum absolute atomic E-state index is 0.114. The first-order valence-corrected chi connectivity index (χ1v) is 5.72. The molecule has 0 amide bonds. The van der Waals surface area contributed by atoms with Crippen molar-refractivity contribution in [2.24, 2.45) is 7.05 Å². The molecule has 2 aromatic rings. The zero-order valence-electron chi connectivity index (χ0n) is 10.4. The highest BCUT2D eigenvalue weighted by Crippen LogP contribution is 2.26. The maximum atomic E-state index is 10.9. The number of aliphatic hydroxyl groups excluding tert-OH is 1.